The number of dihydropyridines is 1. The monoisotopic (exact) mass is 519 g/mol. The fourth-order valence-corrected chi connectivity index (χ4v) is 5.35. The number of benzene rings is 2. The maximum absolute atomic E-state index is 13.9. The maximum Gasteiger partial charge on any atom is 0.336 e. The molecular weight excluding hydrogens is 482 g/mol. The number of methoxy groups -OCH3 is 2. The molecule has 202 valence electrons. The highest BCUT2D eigenvalue weighted by Crippen LogP contribution is 2.48. The molecule has 1 N–H and O–H groups in total. The van der Waals surface area contributed by atoms with E-state index >= 15 is 0 Å². The van der Waals surface area contributed by atoms with Gasteiger partial charge in [0.05, 0.1) is 38.9 Å². The molecule has 38 heavy (non-hydrogen) atoms. The Morgan fingerprint density at radius 2 is 1.76 bits per heavy atom. The summed E-state index contributed by atoms with van der Waals surface area (Å²) in [7, 11) is 3.21. The van der Waals surface area contributed by atoms with Gasteiger partial charge >= 0.3 is 5.97 Å². The lowest BCUT2D eigenvalue weighted by molar-refractivity contribution is -0.138. The number of hydrogen-bond acceptors (Lipinski definition) is 7. The van der Waals surface area contributed by atoms with Crippen molar-refractivity contribution in [1.29, 1.82) is 0 Å². The Bertz CT molecular complexity index is 1260. The summed E-state index contributed by atoms with van der Waals surface area (Å²) in [4.78, 5) is 27.1. The van der Waals surface area contributed by atoms with Crippen LogP contribution in [-0.4, -0.2) is 39.2 Å². The standard InChI is InChI=1S/C31H37NO6/c1-6-8-15-38-25-12-10-9-11-22(25)29-28(31(34)37-7-2)19(3)32-23-16-21(17-24(33)30(23)29)20-13-14-26(35-4)27(18-20)36-5/h9-14,18,21,29,32H,6-8,15-17H2,1-5H3/t21-,29+/m1/s1. The summed E-state index contributed by atoms with van der Waals surface area (Å²) >= 11 is 0. The van der Waals surface area contributed by atoms with E-state index in [1.807, 2.05) is 49.4 Å². The zero-order valence-corrected chi connectivity index (χ0v) is 22.9. The third kappa shape index (κ3) is 5.42. The third-order valence-electron chi connectivity index (χ3n) is 7.19. The summed E-state index contributed by atoms with van der Waals surface area (Å²) in [6.45, 7) is 6.58. The molecule has 2 aromatic carbocycles. The van der Waals surface area contributed by atoms with E-state index in [0.29, 0.717) is 53.5 Å². The molecule has 7 heteroatoms. The predicted octanol–water partition coefficient (Wildman–Crippen LogP) is 5.81. The molecule has 0 spiro atoms. The molecule has 7 nitrogen and oxygen atoms in total. The fourth-order valence-electron chi connectivity index (χ4n) is 5.35. The largest absolute Gasteiger partial charge is 0.493 e. The molecule has 2 aromatic rings. The number of Topliss-reactive ketones (excluding diaryl/α,β-unsaturated/α-hetero) is 1. The van der Waals surface area contributed by atoms with Crippen molar-refractivity contribution >= 4 is 11.8 Å². The first-order valence-corrected chi connectivity index (χ1v) is 13.3. The minimum Gasteiger partial charge on any atom is -0.493 e. The summed E-state index contributed by atoms with van der Waals surface area (Å²) in [5, 5.41) is 3.40. The number of rotatable bonds is 10. The number of unbranched alkanes of at least 4 members (excludes halogenated alkanes) is 1. The van der Waals surface area contributed by atoms with E-state index in [-0.39, 0.29) is 18.3 Å². The number of ether oxygens (including phenoxy) is 4. The van der Waals surface area contributed by atoms with Crippen LogP contribution in [0.25, 0.3) is 0 Å². The molecule has 0 unspecified atom stereocenters. The summed E-state index contributed by atoms with van der Waals surface area (Å²) < 4.78 is 22.5. The normalized spacial score (nSPS) is 19.0. The Morgan fingerprint density at radius 3 is 2.47 bits per heavy atom. The summed E-state index contributed by atoms with van der Waals surface area (Å²) in [6, 6.07) is 13.5. The highest BCUT2D eigenvalue weighted by molar-refractivity contribution is 6.04. The lowest BCUT2D eigenvalue weighted by Gasteiger charge is -2.37. The Labute approximate surface area is 224 Å². The van der Waals surface area contributed by atoms with Gasteiger partial charge < -0.3 is 24.3 Å². The van der Waals surface area contributed by atoms with Gasteiger partial charge in [0, 0.05) is 29.0 Å². The SMILES string of the molecule is CCCCOc1ccccc1[C@H]1C(C(=O)OCC)=C(C)NC2=C1C(=O)C[C@H](c1ccc(OC)c(OC)c1)C2. The van der Waals surface area contributed by atoms with E-state index in [1.54, 1.807) is 21.1 Å². The van der Waals surface area contributed by atoms with Gasteiger partial charge in [0.2, 0.25) is 0 Å². The van der Waals surface area contributed by atoms with Crippen molar-refractivity contribution in [2.45, 2.75) is 58.3 Å². The number of para-hydroxylation sites is 1. The van der Waals surface area contributed by atoms with Crippen LogP contribution < -0.4 is 19.5 Å². The van der Waals surface area contributed by atoms with E-state index < -0.39 is 11.9 Å². The van der Waals surface area contributed by atoms with Gasteiger partial charge in [-0.15, -0.1) is 0 Å². The predicted molar refractivity (Wildman–Crippen MR) is 146 cm³/mol. The van der Waals surface area contributed by atoms with Crippen LogP contribution in [0, 0.1) is 0 Å². The molecule has 0 saturated heterocycles. The van der Waals surface area contributed by atoms with Gasteiger partial charge in [0.15, 0.2) is 17.3 Å². The third-order valence-corrected chi connectivity index (χ3v) is 7.19. The van der Waals surface area contributed by atoms with Gasteiger partial charge in [0.25, 0.3) is 0 Å². The number of hydrogen-bond donors (Lipinski definition) is 1. The van der Waals surface area contributed by atoms with Crippen LogP contribution in [0.2, 0.25) is 0 Å². The molecule has 0 amide bonds. The highest BCUT2D eigenvalue weighted by atomic mass is 16.5. The summed E-state index contributed by atoms with van der Waals surface area (Å²) in [5.41, 5.74) is 4.40. The summed E-state index contributed by atoms with van der Waals surface area (Å²) in [6.07, 6.45) is 2.87. The molecule has 0 aromatic heterocycles. The van der Waals surface area contributed by atoms with Crippen molar-refractivity contribution in [3.63, 3.8) is 0 Å². The molecule has 1 aliphatic carbocycles. The van der Waals surface area contributed by atoms with E-state index in [9.17, 15) is 9.59 Å². The van der Waals surface area contributed by atoms with Crippen LogP contribution in [0.3, 0.4) is 0 Å². The minimum absolute atomic E-state index is 0.00111. The van der Waals surface area contributed by atoms with E-state index in [1.165, 1.54) is 0 Å². The van der Waals surface area contributed by atoms with Crippen LogP contribution in [0.15, 0.2) is 65.0 Å². The second-order valence-corrected chi connectivity index (χ2v) is 9.59. The van der Waals surface area contributed by atoms with Crippen LogP contribution in [-0.2, 0) is 14.3 Å². The van der Waals surface area contributed by atoms with Crippen LogP contribution in [0.1, 0.15) is 69.4 Å². The smallest absolute Gasteiger partial charge is 0.336 e. The second kappa shape index (κ2) is 12.2. The number of carbonyl (C=O) groups excluding carboxylic acids is 2. The van der Waals surface area contributed by atoms with Crippen LogP contribution in [0.5, 0.6) is 17.2 Å². The Morgan fingerprint density at radius 1 is 1.00 bits per heavy atom. The van der Waals surface area contributed by atoms with Gasteiger partial charge in [-0.3, -0.25) is 4.79 Å². The van der Waals surface area contributed by atoms with Gasteiger partial charge in [-0.2, -0.15) is 0 Å². The highest BCUT2D eigenvalue weighted by Gasteiger charge is 2.42. The lowest BCUT2D eigenvalue weighted by Crippen LogP contribution is -2.36. The number of nitrogens with one attached hydrogen (secondary N) is 1. The molecule has 4 rings (SSSR count). The van der Waals surface area contributed by atoms with Gasteiger partial charge in [-0.1, -0.05) is 37.6 Å². The first-order valence-electron chi connectivity index (χ1n) is 13.3. The van der Waals surface area contributed by atoms with Gasteiger partial charge in [-0.05, 0) is 56.4 Å². The molecule has 0 fully saturated rings. The van der Waals surface area contributed by atoms with Crippen molar-refractivity contribution < 1.29 is 28.5 Å². The zero-order chi connectivity index (χ0) is 27.2. The molecule has 1 aliphatic heterocycles. The van der Waals surface area contributed by atoms with Crippen molar-refractivity contribution in [3.05, 3.63) is 76.1 Å². The average Bonchev–Trinajstić information content (AvgIpc) is 2.92. The molecule has 2 atom stereocenters. The Kier molecular flexibility index (Phi) is 8.77. The van der Waals surface area contributed by atoms with Gasteiger partial charge in [-0.25, -0.2) is 4.79 Å². The quantitative estimate of drug-likeness (QED) is 0.313. The van der Waals surface area contributed by atoms with Crippen molar-refractivity contribution in [2.75, 3.05) is 27.4 Å². The molecular formula is C31H37NO6. The minimum atomic E-state index is -0.568. The fraction of sp³-hybridized carbons (Fsp3) is 0.419. The molecule has 0 saturated carbocycles. The first-order chi connectivity index (χ1) is 18.4. The Hall–Kier alpha value is -3.74. The lowest BCUT2D eigenvalue weighted by atomic mass is 9.71. The zero-order valence-electron chi connectivity index (χ0n) is 22.9. The van der Waals surface area contributed by atoms with E-state index in [0.717, 1.165) is 29.7 Å². The molecule has 0 radical (unpaired) electrons. The molecule has 2 aliphatic rings. The van der Waals surface area contributed by atoms with Crippen molar-refractivity contribution in [3.8, 4) is 17.2 Å². The number of ketones is 1. The van der Waals surface area contributed by atoms with Gasteiger partial charge in [0.1, 0.15) is 5.75 Å². The Balaban J connectivity index is 1.78. The van der Waals surface area contributed by atoms with E-state index in [4.69, 9.17) is 18.9 Å². The number of esters is 1. The molecule has 0 bridgehead atoms. The second-order valence-electron chi connectivity index (χ2n) is 9.59. The topological polar surface area (TPSA) is 83.1 Å². The van der Waals surface area contributed by atoms with Crippen molar-refractivity contribution in [1.82, 2.24) is 5.32 Å². The molecule has 1 heterocycles. The first kappa shape index (κ1) is 27.3. The number of allylic oxidation sites excluding steroid dienone is 3. The van der Waals surface area contributed by atoms with Crippen LogP contribution in [0.4, 0.5) is 0 Å². The summed E-state index contributed by atoms with van der Waals surface area (Å²) in [5.74, 6) is 0.930. The van der Waals surface area contributed by atoms with E-state index in [2.05, 4.69) is 12.2 Å². The maximum atomic E-state index is 13.9. The van der Waals surface area contributed by atoms with Crippen LogP contribution >= 0.6 is 0 Å². The average molecular weight is 520 g/mol. The number of carbonyl (C=O) groups is 2. The van der Waals surface area contributed by atoms with Crippen molar-refractivity contribution in [2.24, 2.45) is 0 Å².